The number of pyridine rings is 1. The van der Waals surface area contributed by atoms with E-state index in [1.807, 2.05) is 0 Å². The van der Waals surface area contributed by atoms with E-state index in [0.717, 1.165) is 4.47 Å². The van der Waals surface area contributed by atoms with Crippen molar-refractivity contribution in [3.63, 3.8) is 0 Å². The monoisotopic (exact) mass is 175 g/mol. The minimum atomic E-state index is -2.11. The quantitative estimate of drug-likeness (QED) is 0.552. The van der Waals surface area contributed by atoms with E-state index < -0.39 is 6.85 Å². The molecular weight excluding hydrogens is 167 g/mol. The lowest BCUT2D eigenvalue weighted by Crippen LogP contribution is -1.75. The molecule has 0 N–H and O–H groups in total. The first-order valence-electron chi connectivity index (χ1n) is 3.62. The zero-order valence-electron chi connectivity index (χ0n) is 7.06. The molecule has 0 spiro atoms. The average molecular weight is 176 g/mol. The van der Waals surface area contributed by atoms with Gasteiger partial charge in [-0.25, -0.2) is 0 Å². The molecule has 42 valence electrons. The van der Waals surface area contributed by atoms with E-state index in [9.17, 15) is 0 Å². The van der Waals surface area contributed by atoms with Crippen LogP contribution in [-0.4, -0.2) is 4.98 Å². The Hall–Kier alpha value is -0.370. The zero-order chi connectivity index (χ0) is 8.48. The minimum Gasteiger partial charge on any atom is -0.262 e. The third-order valence-electron chi connectivity index (χ3n) is 0.722. The van der Waals surface area contributed by atoms with Gasteiger partial charge in [-0.15, -0.1) is 0 Å². The fraction of sp³-hybridized carbons (Fsp3) is 0.167. The molecule has 1 rings (SSSR count). The molecule has 1 aromatic heterocycles. The first-order chi connectivity index (χ1) is 5.00. The van der Waals surface area contributed by atoms with Crippen LogP contribution in [0.2, 0.25) is 0 Å². The fourth-order valence-corrected chi connectivity index (χ4v) is 0.740. The maximum atomic E-state index is 7.02. The highest BCUT2D eigenvalue weighted by atomic mass is 79.9. The van der Waals surface area contributed by atoms with E-state index in [4.69, 9.17) is 4.11 Å². The van der Waals surface area contributed by atoms with Crippen LogP contribution >= 0.6 is 15.9 Å². The van der Waals surface area contributed by atoms with E-state index >= 15 is 0 Å². The van der Waals surface area contributed by atoms with E-state index in [2.05, 4.69) is 20.9 Å². The van der Waals surface area contributed by atoms with Crippen molar-refractivity contribution >= 4 is 15.9 Å². The number of aryl methyl sites for hydroxylation is 1. The van der Waals surface area contributed by atoms with Crippen LogP contribution in [0.1, 0.15) is 9.81 Å². The van der Waals surface area contributed by atoms with Crippen LogP contribution in [0.5, 0.6) is 0 Å². The third kappa shape index (κ3) is 1.30. The van der Waals surface area contributed by atoms with Crippen molar-refractivity contribution in [1.29, 1.82) is 0 Å². The summed E-state index contributed by atoms with van der Waals surface area (Å²) in [5, 5.41) is 0. The molecule has 0 aliphatic carbocycles. The van der Waals surface area contributed by atoms with Gasteiger partial charge < -0.3 is 0 Å². The van der Waals surface area contributed by atoms with Crippen LogP contribution in [0, 0.1) is 6.85 Å². The van der Waals surface area contributed by atoms with Gasteiger partial charge in [0.2, 0.25) is 0 Å². The number of hydrogen-bond donors (Lipinski definition) is 0. The Kier molecular flexibility index (Phi) is 0.841. The summed E-state index contributed by atoms with van der Waals surface area (Å²) >= 11 is 3.16. The van der Waals surface area contributed by atoms with Crippen molar-refractivity contribution in [3.8, 4) is 0 Å². The Morgan fingerprint density at radius 2 is 2.75 bits per heavy atom. The number of halogens is 1. The van der Waals surface area contributed by atoms with Crippen LogP contribution in [0.4, 0.5) is 0 Å². The van der Waals surface area contributed by atoms with Crippen molar-refractivity contribution < 1.29 is 4.11 Å². The molecule has 0 aliphatic heterocycles. The van der Waals surface area contributed by atoms with Gasteiger partial charge in [0.25, 0.3) is 0 Å². The molecule has 0 fully saturated rings. The third-order valence-corrected chi connectivity index (χ3v) is 1.22. The van der Waals surface area contributed by atoms with Crippen molar-refractivity contribution in [2.45, 2.75) is 6.85 Å². The highest BCUT2D eigenvalue weighted by Gasteiger charge is 1.83. The Morgan fingerprint density at radius 3 is 3.25 bits per heavy atom. The summed E-state index contributed by atoms with van der Waals surface area (Å²) in [6, 6.07) is 3.18. The van der Waals surface area contributed by atoms with Crippen LogP contribution in [0.3, 0.4) is 0 Å². The Morgan fingerprint density at radius 1 is 1.88 bits per heavy atom. The normalized spacial score (nSPS) is 16.4. The molecular formula is C6H6BrN. The smallest absolute Gasteiger partial charge is 0.0383 e. The van der Waals surface area contributed by atoms with Gasteiger partial charge in [0.1, 0.15) is 0 Å². The molecule has 0 atom stereocenters. The molecule has 0 unspecified atom stereocenters. The summed E-state index contributed by atoms with van der Waals surface area (Å²) in [5.41, 5.74) is 0.117. The second-order valence-electron chi connectivity index (χ2n) is 1.36. The molecule has 2 heteroatoms. The molecule has 0 amide bonds. The Labute approximate surface area is 61.1 Å². The van der Waals surface area contributed by atoms with Gasteiger partial charge in [-0.1, -0.05) is 15.9 Å². The van der Waals surface area contributed by atoms with Crippen molar-refractivity contribution in [2.75, 3.05) is 0 Å². The van der Waals surface area contributed by atoms with Crippen LogP contribution in [0.25, 0.3) is 0 Å². The van der Waals surface area contributed by atoms with Gasteiger partial charge >= 0.3 is 0 Å². The number of nitrogens with zero attached hydrogens (tertiary/aromatic N) is 1. The Bertz CT molecular complexity index is 258. The van der Waals surface area contributed by atoms with Gasteiger partial charge in [0, 0.05) is 20.5 Å². The molecule has 0 aromatic carbocycles. The SMILES string of the molecule is [2H][13C]([2H])([2H])c1cc(Br)ccn1. The van der Waals surface area contributed by atoms with Crippen molar-refractivity contribution in [2.24, 2.45) is 0 Å². The number of rotatable bonds is 0. The maximum Gasteiger partial charge on any atom is 0.0383 e. The molecule has 0 radical (unpaired) electrons. The van der Waals surface area contributed by atoms with Crippen molar-refractivity contribution in [3.05, 3.63) is 28.5 Å². The summed E-state index contributed by atoms with van der Waals surface area (Å²) in [6.07, 6.45) is 1.46. The van der Waals surface area contributed by atoms with Gasteiger partial charge in [-0.3, -0.25) is 4.98 Å². The highest BCUT2D eigenvalue weighted by molar-refractivity contribution is 9.10. The van der Waals surface area contributed by atoms with Crippen LogP contribution in [-0.2, 0) is 0 Å². The molecule has 1 heterocycles. The molecule has 0 saturated heterocycles. The molecule has 0 bridgehead atoms. The van der Waals surface area contributed by atoms with E-state index in [0.29, 0.717) is 0 Å². The number of hydrogen-bond acceptors (Lipinski definition) is 1. The zero-order valence-corrected chi connectivity index (χ0v) is 5.64. The lowest BCUT2D eigenvalue weighted by molar-refractivity contribution is 1.19. The highest BCUT2D eigenvalue weighted by Crippen LogP contribution is 2.07. The molecule has 1 nitrogen and oxygen atoms in total. The lowest BCUT2D eigenvalue weighted by Gasteiger charge is -1.88. The first-order valence-corrected chi connectivity index (χ1v) is 2.91. The standard InChI is InChI=1S/C6H6BrN/c1-5-4-6(7)2-3-8-5/h2-4H,1H3/i1+1D3. The molecule has 8 heavy (non-hydrogen) atoms. The summed E-state index contributed by atoms with van der Waals surface area (Å²) in [6.45, 7) is -2.11. The predicted molar refractivity (Wildman–Crippen MR) is 36.7 cm³/mol. The topological polar surface area (TPSA) is 12.9 Å². The number of aromatic nitrogens is 1. The fourth-order valence-electron chi connectivity index (χ4n) is 0.405. The largest absolute Gasteiger partial charge is 0.262 e. The maximum absolute atomic E-state index is 7.02. The molecule has 0 aliphatic rings. The van der Waals surface area contributed by atoms with Gasteiger partial charge in [0.15, 0.2) is 0 Å². The van der Waals surface area contributed by atoms with Gasteiger partial charge in [-0.05, 0) is 19.0 Å². The summed E-state index contributed by atoms with van der Waals surface area (Å²) in [4.78, 5) is 3.72. The summed E-state index contributed by atoms with van der Waals surface area (Å²) in [7, 11) is 0. The Balaban J connectivity index is 3.06. The van der Waals surface area contributed by atoms with Crippen molar-refractivity contribution in [1.82, 2.24) is 4.98 Å². The van der Waals surface area contributed by atoms with Crippen LogP contribution < -0.4 is 0 Å². The first kappa shape index (κ1) is 2.97. The molecule has 0 saturated carbocycles. The predicted octanol–water partition coefficient (Wildman–Crippen LogP) is 2.15. The summed E-state index contributed by atoms with van der Waals surface area (Å²) in [5.74, 6) is 0. The lowest BCUT2D eigenvalue weighted by atomic mass is 10.4. The van der Waals surface area contributed by atoms with Gasteiger partial charge in [0.05, 0.1) is 0 Å². The van der Waals surface area contributed by atoms with E-state index in [1.54, 1.807) is 6.07 Å². The van der Waals surface area contributed by atoms with Gasteiger partial charge in [-0.2, -0.15) is 0 Å². The van der Waals surface area contributed by atoms with E-state index in [1.165, 1.54) is 12.3 Å². The summed E-state index contributed by atoms with van der Waals surface area (Å²) < 4.78 is 21.8. The van der Waals surface area contributed by atoms with Crippen LogP contribution in [0.15, 0.2) is 22.8 Å². The van der Waals surface area contributed by atoms with E-state index in [-0.39, 0.29) is 5.69 Å². The molecule has 1 aromatic rings. The minimum absolute atomic E-state index is 0.117. The second-order valence-corrected chi connectivity index (χ2v) is 2.27. The average Bonchev–Trinajstić information content (AvgIpc) is 1.86. The second kappa shape index (κ2) is 2.27.